The molecule has 1 aliphatic carbocycles. The lowest BCUT2D eigenvalue weighted by Gasteiger charge is -2.25. The largest absolute Gasteiger partial charge is 0.380 e. The molecule has 0 radical (unpaired) electrons. The molecule has 0 aromatic carbocycles. The van der Waals surface area contributed by atoms with Gasteiger partial charge < -0.3 is 15.4 Å². The summed E-state index contributed by atoms with van der Waals surface area (Å²) in [4.78, 5) is 2.42. The van der Waals surface area contributed by atoms with E-state index in [0.717, 1.165) is 26.2 Å². The number of hydrogen-bond donors (Lipinski definition) is 1. The molecule has 3 nitrogen and oxygen atoms in total. The number of rotatable bonds is 3. The first-order valence-electron chi connectivity index (χ1n) is 5.47. The van der Waals surface area contributed by atoms with E-state index in [1.807, 2.05) is 0 Å². The second-order valence-corrected chi connectivity index (χ2v) is 4.50. The third-order valence-electron chi connectivity index (χ3n) is 3.26. The minimum Gasteiger partial charge on any atom is -0.380 e. The molecule has 0 aromatic rings. The van der Waals surface area contributed by atoms with Crippen LogP contribution in [0.1, 0.15) is 12.8 Å². The van der Waals surface area contributed by atoms with Crippen LogP contribution in [0.4, 0.5) is 0 Å². The molecule has 3 atom stereocenters. The van der Waals surface area contributed by atoms with Crippen LogP contribution in [0.5, 0.6) is 0 Å². The van der Waals surface area contributed by atoms with E-state index in [2.05, 4.69) is 24.1 Å². The second kappa shape index (κ2) is 4.43. The van der Waals surface area contributed by atoms with Crippen LogP contribution in [0.2, 0.25) is 0 Å². The van der Waals surface area contributed by atoms with Crippen molar-refractivity contribution in [2.24, 2.45) is 11.7 Å². The highest BCUT2D eigenvalue weighted by atomic mass is 16.5. The molecular formula is C11H20N2O. The molecule has 3 unspecified atom stereocenters. The Balaban J connectivity index is 1.76. The van der Waals surface area contributed by atoms with E-state index in [4.69, 9.17) is 10.5 Å². The summed E-state index contributed by atoms with van der Waals surface area (Å²) in [6, 6.07) is 0.911. The third kappa shape index (κ3) is 2.35. The van der Waals surface area contributed by atoms with E-state index in [1.54, 1.807) is 0 Å². The average Bonchev–Trinajstić information content (AvgIpc) is 2.75. The predicted molar refractivity (Wildman–Crippen MR) is 57.1 cm³/mol. The molecule has 0 bridgehead atoms. The maximum absolute atomic E-state index is 5.82. The van der Waals surface area contributed by atoms with E-state index in [0.29, 0.717) is 12.0 Å². The van der Waals surface area contributed by atoms with Gasteiger partial charge in [0.1, 0.15) is 0 Å². The maximum Gasteiger partial charge on any atom is 0.0622 e. The Hall–Kier alpha value is -0.380. The summed E-state index contributed by atoms with van der Waals surface area (Å²) in [7, 11) is 2.19. The van der Waals surface area contributed by atoms with Crippen molar-refractivity contribution in [3.05, 3.63) is 12.2 Å². The van der Waals surface area contributed by atoms with Gasteiger partial charge in [0.15, 0.2) is 0 Å². The average molecular weight is 196 g/mol. The summed E-state index contributed by atoms with van der Waals surface area (Å²) < 4.78 is 5.38. The van der Waals surface area contributed by atoms with Gasteiger partial charge in [-0.15, -0.1) is 0 Å². The van der Waals surface area contributed by atoms with E-state index in [9.17, 15) is 0 Å². The van der Waals surface area contributed by atoms with Crippen molar-refractivity contribution < 1.29 is 4.74 Å². The van der Waals surface area contributed by atoms with Crippen molar-refractivity contribution >= 4 is 0 Å². The Bertz CT molecular complexity index is 211. The second-order valence-electron chi connectivity index (χ2n) is 4.50. The van der Waals surface area contributed by atoms with E-state index in [-0.39, 0.29) is 6.04 Å². The molecule has 0 aromatic heterocycles. The van der Waals surface area contributed by atoms with Gasteiger partial charge in [-0.2, -0.15) is 0 Å². The summed E-state index contributed by atoms with van der Waals surface area (Å²) >= 11 is 0. The Morgan fingerprint density at radius 2 is 2.36 bits per heavy atom. The van der Waals surface area contributed by atoms with Gasteiger partial charge in [-0.25, -0.2) is 0 Å². The topological polar surface area (TPSA) is 38.5 Å². The summed E-state index contributed by atoms with van der Waals surface area (Å²) in [5.41, 5.74) is 5.82. The number of nitrogens with two attached hydrogens (primary N) is 1. The number of likely N-dealkylation sites (N-methyl/N-ethyl adjacent to an activating group) is 1. The lowest BCUT2D eigenvalue weighted by molar-refractivity contribution is 0.153. The van der Waals surface area contributed by atoms with Crippen molar-refractivity contribution in [2.45, 2.75) is 24.9 Å². The van der Waals surface area contributed by atoms with Crippen molar-refractivity contribution in [3.63, 3.8) is 0 Å². The van der Waals surface area contributed by atoms with Crippen molar-refractivity contribution in [2.75, 3.05) is 26.8 Å². The van der Waals surface area contributed by atoms with E-state index >= 15 is 0 Å². The summed E-state index contributed by atoms with van der Waals surface area (Å²) in [6.07, 6.45) is 6.68. The highest BCUT2D eigenvalue weighted by molar-refractivity contribution is 5.05. The number of ether oxygens (including phenoxy) is 1. The zero-order valence-corrected chi connectivity index (χ0v) is 8.86. The lowest BCUT2D eigenvalue weighted by atomic mass is 10.1. The normalized spacial score (nSPS) is 37.2. The van der Waals surface area contributed by atoms with Crippen LogP contribution < -0.4 is 5.73 Å². The quantitative estimate of drug-likeness (QED) is 0.672. The molecule has 1 aliphatic heterocycles. The fourth-order valence-corrected chi connectivity index (χ4v) is 2.33. The molecule has 2 aliphatic rings. The summed E-state index contributed by atoms with van der Waals surface area (Å²) in [6.45, 7) is 2.95. The van der Waals surface area contributed by atoms with Crippen LogP contribution in [0, 0.1) is 5.92 Å². The first-order valence-corrected chi connectivity index (χ1v) is 5.47. The molecule has 0 saturated carbocycles. The predicted octanol–water partition coefficient (Wildman–Crippen LogP) is 0.611. The Labute approximate surface area is 85.9 Å². The molecule has 0 amide bonds. The number of nitrogens with zero attached hydrogens (tertiary/aromatic N) is 1. The van der Waals surface area contributed by atoms with Gasteiger partial charge in [-0.05, 0) is 25.8 Å². The Kier molecular flexibility index (Phi) is 3.21. The van der Waals surface area contributed by atoms with Gasteiger partial charge in [0, 0.05) is 25.2 Å². The summed E-state index contributed by atoms with van der Waals surface area (Å²) in [5, 5.41) is 0. The van der Waals surface area contributed by atoms with Crippen LogP contribution in [0.3, 0.4) is 0 Å². The molecule has 1 fully saturated rings. The van der Waals surface area contributed by atoms with Crippen LogP contribution in [-0.4, -0.2) is 43.8 Å². The summed E-state index contributed by atoms with van der Waals surface area (Å²) in [5.74, 6) is 0.649. The van der Waals surface area contributed by atoms with Crippen LogP contribution in [0.15, 0.2) is 12.2 Å². The van der Waals surface area contributed by atoms with Crippen molar-refractivity contribution in [3.8, 4) is 0 Å². The molecule has 1 saturated heterocycles. The van der Waals surface area contributed by atoms with Gasteiger partial charge in [0.05, 0.1) is 6.61 Å². The van der Waals surface area contributed by atoms with Crippen molar-refractivity contribution in [1.82, 2.24) is 4.90 Å². The molecule has 80 valence electrons. The minimum atomic E-state index is 0.285. The van der Waals surface area contributed by atoms with Gasteiger partial charge in [0.2, 0.25) is 0 Å². The zero-order chi connectivity index (χ0) is 9.97. The number of hydrogen-bond acceptors (Lipinski definition) is 3. The SMILES string of the molecule is CN(CC1C=CC(N)C1)C1CCOC1. The van der Waals surface area contributed by atoms with Gasteiger partial charge in [-0.1, -0.05) is 12.2 Å². The first-order chi connectivity index (χ1) is 6.75. The fraction of sp³-hybridized carbons (Fsp3) is 0.818. The zero-order valence-electron chi connectivity index (χ0n) is 8.86. The molecule has 3 heteroatoms. The maximum atomic E-state index is 5.82. The highest BCUT2D eigenvalue weighted by Gasteiger charge is 2.24. The smallest absolute Gasteiger partial charge is 0.0622 e. The third-order valence-corrected chi connectivity index (χ3v) is 3.26. The molecular weight excluding hydrogens is 176 g/mol. The highest BCUT2D eigenvalue weighted by Crippen LogP contribution is 2.19. The lowest BCUT2D eigenvalue weighted by Crippen LogP contribution is -2.35. The van der Waals surface area contributed by atoms with Crippen LogP contribution in [0.25, 0.3) is 0 Å². The molecule has 2 N–H and O–H groups in total. The van der Waals surface area contributed by atoms with E-state index < -0.39 is 0 Å². The molecule has 1 heterocycles. The molecule has 2 rings (SSSR count). The Morgan fingerprint density at radius 3 is 2.93 bits per heavy atom. The monoisotopic (exact) mass is 196 g/mol. The standard InChI is InChI=1S/C11H20N2O/c1-13(11-4-5-14-8-11)7-9-2-3-10(12)6-9/h2-3,9-11H,4-8,12H2,1H3. The van der Waals surface area contributed by atoms with Crippen LogP contribution >= 0.6 is 0 Å². The van der Waals surface area contributed by atoms with Gasteiger partial charge in [0.25, 0.3) is 0 Å². The molecule has 0 spiro atoms. The van der Waals surface area contributed by atoms with Gasteiger partial charge >= 0.3 is 0 Å². The van der Waals surface area contributed by atoms with Crippen LogP contribution in [-0.2, 0) is 4.74 Å². The first kappa shape index (κ1) is 10.1. The van der Waals surface area contributed by atoms with E-state index in [1.165, 1.54) is 6.42 Å². The van der Waals surface area contributed by atoms with Crippen molar-refractivity contribution in [1.29, 1.82) is 0 Å². The minimum absolute atomic E-state index is 0.285. The molecule has 14 heavy (non-hydrogen) atoms. The fourth-order valence-electron chi connectivity index (χ4n) is 2.33. The van der Waals surface area contributed by atoms with Gasteiger partial charge in [-0.3, -0.25) is 0 Å². The Morgan fingerprint density at radius 1 is 1.50 bits per heavy atom.